The first-order chi connectivity index (χ1) is 8.34. The zero-order valence-corrected chi connectivity index (χ0v) is 9.43. The van der Waals surface area contributed by atoms with E-state index in [0.717, 1.165) is 11.3 Å². The van der Waals surface area contributed by atoms with E-state index in [2.05, 4.69) is 48.5 Å². The summed E-state index contributed by atoms with van der Waals surface area (Å²) < 4.78 is 0. The van der Waals surface area contributed by atoms with Crippen LogP contribution in [0.2, 0.25) is 0 Å². The first-order valence-electron chi connectivity index (χ1n) is 5.68. The fourth-order valence-electron chi connectivity index (χ4n) is 2.12. The van der Waals surface area contributed by atoms with E-state index >= 15 is 0 Å². The molecule has 0 aliphatic rings. The van der Waals surface area contributed by atoms with Gasteiger partial charge in [0.2, 0.25) is 0 Å². The molecule has 1 nitrogen and oxygen atoms in total. The number of rotatable bonds is 1. The molecule has 0 amide bonds. The molecule has 0 aromatic heterocycles. The van der Waals surface area contributed by atoms with Crippen LogP contribution >= 0.6 is 0 Å². The zero-order valence-electron chi connectivity index (χ0n) is 9.43. The molecule has 3 aromatic carbocycles. The van der Waals surface area contributed by atoms with E-state index in [1.165, 1.54) is 16.3 Å². The Kier molecular flexibility index (Phi) is 2.30. The van der Waals surface area contributed by atoms with Gasteiger partial charge < -0.3 is 5.73 Å². The Bertz CT molecular complexity index is 671. The van der Waals surface area contributed by atoms with Crippen LogP contribution in [-0.4, -0.2) is 0 Å². The molecule has 3 aromatic rings. The van der Waals surface area contributed by atoms with Gasteiger partial charge in [-0.3, -0.25) is 0 Å². The summed E-state index contributed by atoms with van der Waals surface area (Å²) in [5.74, 6) is 0. The molecule has 0 saturated heterocycles. The molecule has 0 heterocycles. The smallest absolute Gasteiger partial charge is 0.0393 e. The maximum Gasteiger partial charge on any atom is 0.0393 e. The molecule has 0 saturated carbocycles. The van der Waals surface area contributed by atoms with Crippen LogP contribution in [0.15, 0.2) is 66.7 Å². The molecule has 0 bridgehead atoms. The summed E-state index contributed by atoms with van der Waals surface area (Å²) in [4.78, 5) is 0. The Morgan fingerprint density at radius 1 is 0.647 bits per heavy atom. The summed E-state index contributed by atoms with van der Waals surface area (Å²) in [5, 5.41) is 2.50. The van der Waals surface area contributed by atoms with Crippen molar-refractivity contribution < 1.29 is 0 Å². The number of nitrogens with two attached hydrogens (primary N) is 1. The minimum atomic E-state index is 0.822. The molecule has 0 atom stereocenters. The van der Waals surface area contributed by atoms with E-state index in [9.17, 15) is 0 Å². The summed E-state index contributed by atoms with van der Waals surface area (Å²) in [7, 11) is 0. The fraction of sp³-hybridized carbons (Fsp3) is 0. The van der Waals surface area contributed by atoms with Gasteiger partial charge in [-0.05, 0) is 28.5 Å². The molecule has 0 unspecified atom stereocenters. The highest BCUT2D eigenvalue weighted by Gasteiger charge is 2.02. The average Bonchev–Trinajstić information content (AvgIpc) is 2.39. The SMILES string of the molecule is Nc1ccccc1-c1ccc2ccccc2c1. The lowest BCUT2D eigenvalue weighted by molar-refractivity contribution is 1.63. The Morgan fingerprint density at radius 3 is 2.18 bits per heavy atom. The fourth-order valence-corrected chi connectivity index (χ4v) is 2.12. The van der Waals surface area contributed by atoms with E-state index < -0.39 is 0 Å². The number of nitrogen functional groups attached to an aromatic ring is 1. The van der Waals surface area contributed by atoms with Crippen LogP contribution in [-0.2, 0) is 0 Å². The zero-order chi connectivity index (χ0) is 11.7. The molecule has 1 heteroatoms. The van der Waals surface area contributed by atoms with Gasteiger partial charge >= 0.3 is 0 Å². The van der Waals surface area contributed by atoms with Gasteiger partial charge in [-0.15, -0.1) is 0 Å². The van der Waals surface area contributed by atoms with Crippen LogP contribution in [0.1, 0.15) is 0 Å². The standard InChI is InChI=1S/C16H13N/c17-16-8-4-3-7-15(16)14-10-9-12-5-1-2-6-13(12)11-14/h1-11H,17H2. The van der Waals surface area contributed by atoms with Gasteiger partial charge in [-0.1, -0.05) is 54.6 Å². The first-order valence-corrected chi connectivity index (χ1v) is 5.68. The molecule has 17 heavy (non-hydrogen) atoms. The highest BCUT2D eigenvalue weighted by molar-refractivity contribution is 5.89. The molecule has 0 radical (unpaired) electrons. The van der Waals surface area contributed by atoms with Crippen LogP contribution in [0, 0.1) is 0 Å². The van der Waals surface area contributed by atoms with Crippen molar-refractivity contribution >= 4 is 16.5 Å². The summed E-state index contributed by atoms with van der Waals surface area (Å²) >= 11 is 0. The highest BCUT2D eigenvalue weighted by Crippen LogP contribution is 2.28. The number of anilines is 1. The Morgan fingerprint density at radius 2 is 1.35 bits per heavy atom. The van der Waals surface area contributed by atoms with Gasteiger partial charge in [0.05, 0.1) is 0 Å². The van der Waals surface area contributed by atoms with Crippen molar-refractivity contribution in [1.82, 2.24) is 0 Å². The molecule has 82 valence electrons. The number of benzene rings is 3. The second kappa shape index (κ2) is 3.95. The van der Waals surface area contributed by atoms with E-state index in [-0.39, 0.29) is 0 Å². The molecule has 0 aliphatic heterocycles. The number of hydrogen-bond acceptors (Lipinski definition) is 1. The van der Waals surface area contributed by atoms with E-state index in [0.29, 0.717) is 0 Å². The Hall–Kier alpha value is -2.28. The van der Waals surface area contributed by atoms with Gasteiger partial charge in [-0.2, -0.15) is 0 Å². The van der Waals surface area contributed by atoms with Crippen LogP contribution in [0.3, 0.4) is 0 Å². The van der Waals surface area contributed by atoms with E-state index in [1.807, 2.05) is 18.2 Å². The monoisotopic (exact) mass is 219 g/mol. The predicted octanol–water partition coefficient (Wildman–Crippen LogP) is 4.09. The van der Waals surface area contributed by atoms with Crippen LogP contribution in [0.5, 0.6) is 0 Å². The van der Waals surface area contributed by atoms with Gasteiger partial charge in [-0.25, -0.2) is 0 Å². The second-order valence-electron chi connectivity index (χ2n) is 4.15. The molecular formula is C16H13N. The van der Waals surface area contributed by atoms with Gasteiger partial charge in [0.25, 0.3) is 0 Å². The van der Waals surface area contributed by atoms with Gasteiger partial charge in [0.1, 0.15) is 0 Å². The molecule has 0 fully saturated rings. The van der Waals surface area contributed by atoms with Crippen LogP contribution < -0.4 is 5.73 Å². The topological polar surface area (TPSA) is 26.0 Å². The molecule has 0 aliphatic carbocycles. The number of fused-ring (bicyclic) bond motifs is 1. The second-order valence-corrected chi connectivity index (χ2v) is 4.15. The Balaban J connectivity index is 2.22. The van der Waals surface area contributed by atoms with Crippen molar-refractivity contribution in [2.24, 2.45) is 0 Å². The van der Waals surface area contributed by atoms with Crippen molar-refractivity contribution in [2.75, 3.05) is 5.73 Å². The first kappa shape index (κ1) is 9.91. The summed E-state index contributed by atoms with van der Waals surface area (Å²) in [6, 6.07) is 22.8. The summed E-state index contributed by atoms with van der Waals surface area (Å²) in [5.41, 5.74) is 9.08. The molecular weight excluding hydrogens is 206 g/mol. The van der Waals surface area contributed by atoms with Crippen molar-refractivity contribution in [3.8, 4) is 11.1 Å². The van der Waals surface area contributed by atoms with Crippen molar-refractivity contribution in [2.45, 2.75) is 0 Å². The molecule has 3 rings (SSSR count). The number of para-hydroxylation sites is 1. The van der Waals surface area contributed by atoms with Crippen molar-refractivity contribution in [3.05, 3.63) is 66.7 Å². The summed E-state index contributed by atoms with van der Waals surface area (Å²) in [6.45, 7) is 0. The predicted molar refractivity (Wildman–Crippen MR) is 73.8 cm³/mol. The molecule has 2 N–H and O–H groups in total. The van der Waals surface area contributed by atoms with Gasteiger partial charge in [0, 0.05) is 11.3 Å². The number of hydrogen-bond donors (Lipinski definition) is 1. The van der Waals surface area contributed by atoms with Crippen LogP contribution in [0.4, 0.5) is 5.69 Å². The quantitative estimate of drug-likeness (QED) is 0.613. The normalized spacial score (nSPS) is 10.6. The van der Waals surface area contributed by atoms with E-state index in [4.69, 9.17) is 5.73 Å². The molecule has 0 spiro atoms. The maximum absolute atomic E-state index is 6.00. The third-order valence-electron chi connectivity index (χ3n) is 3.02. The highest BCUT2D eigenvalue weighted by atomic mass is 14.6. The maximum atomic E-state index is 6.00. The van der Waals surface area contributed by atoms with Crippen LogP contribution in [0.25, 0.3) is 21.9 Å². The van der Waals surface area contributed by atoms with Crippen molar-refractivity contribution in [3.63, 3.8) is 0 Å². The third-order valence-corrected chi connectivity index (χ3v) is 3.02. The minimum absolute atomic E-state index is 0.822. The Labute approximate surface area is 101 Å². The van der Waals surface area contributed by atoms with Gasteiger partial charge in [0.15, 0.2) is 0 Å². The summed E-state index contributed by atoms with van der Waals surface area (Å²) in [6.07, 6.45) is 0. The third kappa shape index (κ3) is 1.76. The largest absolute Gasteiger partial charge is 0.398 e. The van der Waals surface area contributed by atoms with E-state index in [1.54, 1.807) is 0 Å². The lowest BCUT2D eigenvalue weighted by Crippen LogP contribution is -1.88. The van der Waals surface area contributed by atoms with Crippen molar-refractivity contribution in [1.29, 1.82) is 0 Å². The lowest BCUT2D eigenvalue weighted by atomic mass is 10.0. The lowest BCUT2D eigenvalue weighted by Gasteiger charge is -2.06. The minimum Gasteiger partial charge on any atom is -0.398 e. The average molecular weight is 219 g/mol.